The van der Waals surface area contributed by atoms with Gasteiger partial charge in [-0.3, -0.25) is 0 Å². The van der Waals surface area contributed by atoms with Gasteiger partial charge in [-0.1, -0.05) is 24.3 Å². The van der Waals surface area contributed by atoms with Crippen molar-refractivity contribution in [2.24, 2.45) is 0 Å². The number of fused-ring (bicyclic) bond motifs is 1. The third-order valence-electron chi connectivity index (χ3n) is 3.53. The van der Waals surface area contributed by atoms with Gasteiger partial charge in [0.1, 0.15) is 24.7 Å². The van der Waals surface area contributed by atoms with E-state index in [1.807, 2.05) is 36.4 Å². The smallest absolute Gasteiger partial charge is 0.161 e. The molecule has 4 heteroatoms. The van der Waals surface area contributed by atoms with E-state index in [2.05, 4.69) is 0 Å². The van der Waals surface area contributed by atoms with Crippen molar-refractivity contribution in [2.45, 2.75) is 6.42 Å². The molecule has 0 saturated heterocycles. The standard InChI is InChI=1S/C18H18O4/c1-20-16-7-3-6-15(19)14(16)5-2-4-13-8-9-17-18(12-13)22-11-10-21-17/h2-4,6-9,12,19H,5,10-11H2,1H3. The van der Waals surface area contributed by atoms with Crippen molar-refractivity contribution < 1.29 is 19.3 Å². The number of aromatic hydroxyl groups is 1. The second-order valence-corrected chi connectivity index (χ2v) is 4.97. The van der Waals surface area contributed by atoms with Crippen molar-refractivity contribution >= 4 is 6.08 Å². The third kappa shape index (κ3) is 3.01. The van der Waals surface area contributed by atoms with Gasteiger partial charge < -0.3 is 19.3 Å². The minimum Gasteiger partial charge on any atom is -0.508 e. The number of rotatable bonds is 4. The van der Waals surface area contributed by atoms with E-state index in [1.54, 1.807) is 19.2 Å². The molecule has 0 fully saturated rings. The summed E-state index contributed by atoms with van der Waals surface area (Å²) in [7, 11) is 1.60. The maximum Gasteiger partial charge on any atom is 0.161 e. The quantitative estimate of drug-likeness (QED) is 0.939. The van der Waals surface area contributed by atoms with Gasteiger partial charge in [-0.05, 0) is 36.2 Å². The van der Waals surface area contributed by atoms with E-state index in [9.17, 15) is 5.11 Å². The van der Waals surface area contributed by atoms with Crippen molar-refractivity contribution in [1.82, 2.24) is 0 Å². The van der Waals surface area contributed by atoms with Crippen LogP contribution in [0, 0.1) is 0 Å². The van der Waals surface area contributed by atoms with Gasteiger partial charge in [-0.2, -0.15) is 0 Å². The maximum absolute atomic E-state index is 9.93. The first-order chi connectivity index (χ1) is 10.8. The lowest BCUT2D eigenvalue weighted by Crippen LogP contribution is -2.15. The van der Waals surface area contributed by atoms with E-state index in [0.29, 0.717) is 25.4 Å². The molecule has 1 heterocycles. The van der Waals surface area contributed by atoms with E-state index >= 15 is 0 Å². The summed E-state index contributed by atoms with van der Waals surface area (Å²) in [6.45, 7) is 1.17. The van der Waals surface area contributed by atoms with Crippen LogP contribution < -0.4 is 14.2 Å². The highest BCUT2D eigenvalue weighted by Crippen LogP contribution is 2.31. The predicted octanol–water partition coefficient (Wildman–Crippen LogP) is 3.43. The molecule has 22 heavy (non-hydrogen) atoms. The number of phenols is 1. The minimum absolute atomic E-state index is 0.242. The number of allylic oxidation sites excluding steroid dienone is 1. The number of phenolic OH excluding ortho intramolecular Hbond substituents is 1. The first-order valence-corrected chi connectivity index (χ1v) is 7.19. The van der Waals surface area contributed by atoms with Gasteiger partial charge in [-0.15, -0.1) is 0 Å². The van der Waals surface area contributed by atoms with Crippen LogP contribution in [0.2, 0.25) is 0 Å². The summed E-state index contributed by atoms with van der Waals surface area (Å²) in [6, 6.07) is 11.1. The second-order valence-electron chi connectivity index (χ2n) is 4.97. The van der Waals surface area contributed by atoms with Crippen LogP contribution in [0.15, 0.2) is 42.5 Å². The van der Waals surface area contributed by atoms with Crippen LogP contribution in [0.3, 0.4) is 0 Å². The molecule has 0 radical (unpaired) electrons. The van der Waals surface area contributed by atoms with E-state index in [-0.39, 0.29) is 5.75 Å². The van der Waals surface area contributed by atoms with E-state index in [0.717, 1.165) is 22.6 Å². The largest absolute Gasteiger partial charge is 0.508 e. The Morgan fingerprint density at radius 1 is 1.14 bits per heavy atom. The summed E-state index contributed by atoms with van der Waals surface area (Å²) in [5, 5.41) is 9.93. The normalized spacial score (nSPS) is 13.3. The molecule has 1 aliphatic rings. The molecule has 0 aliphatic carbocycles. The van der Waals surface area contributed by atoms with E-state index in [1.165, 1.54) is 0 Å². The number of ether oxygens (including phenoxy) is 3. The fourth-order valence-corrected chi connectivity index (χ4v) is 2.43. The first kappa shape index (κ1) is 14.3. The fraction of sp³-hybridized carbons (Fsp3) is 0.222. The van der Waals surface area contributed by atoms with Gasteiger partial charge in [0.25, 0.3) is 0 Å². The highest BCUT2D eigenvalue weighted by atomic mass is 16.6. The SMILES string of the molecule is COc1cccc(O)c1CC=Cc1ccc2c(c1)OCCO2. The minimum atomic E-state index is 0.242. The maximum atomic E-state index is 9.93. The molecule has 0 atom stereocenters. The lowest BCUT2D eigenvalue weighted by atomic mass is 10.1. The predicted molar refractivity (Wildman–Crippen MR) is 84.8 cm³/mol. The van der Waals surface area contributed by atoms with Crippen LogP contribution in [0.25, 0.3) is 6.08 Å². The zero-order chi connectivity index (χ0) is 15.4. The van der Waals surface area contributed by atoms with Gasteiger partial charge in [-0.25, -0.2) is 0 Å². The molecule has 0 bridgehead atoms. The Kier molecular flexibility index (Phi) is 4.19. The monoisotopic (exact) mass is 298 g/mol. The number of benzene rings is 2. The highest BCUT2D eigenvalue weighted by molar-refractivity contribution is 5.57. The van der Waals surface area contributed by atoms with Gasteiger partial charge >= 0.3 is 0 Å². The van der Waals surface area contributed by atoms with E-state index < -0.39 is 0 Å². The average molecular weight is 298 g/mol. The molecule has 0 amide bonds. The van der Waals surface area contributed by atoms with Crippen molar-refractivity contribution in [3.05, 3.63) is 53.6 Å². The lowest BCUT2D eigenvalue weighted by molar-refractivity contribution is 0.171. The Hall–Kier alpha value is -2.62. The summed E-state index contributed by atoms with van der Waals surface area (Å²) in [5.74, 6) is 2.48. The molecule has 0 saturated carbocycles. The highest BCUT2D eigenvalue weighted by Gasteiger charge is 2.11. The van der Waals surface area contributed by atoms with Gasteiger partial charge in [0.2, 0.25) is 0 Å². The van der Waals surface area contributed by atoms with Crippen molar-refractivity contribution in [3.63, 3.8) is 0 Å². The molecule has 3 rings (SSSR count). The van der Waals surface area contributed by atoms with Crippen molar-refractivity contribution in [1.29, 1.82) is 0 Å². The molecule has 4 nitrogen and oxygen atoms in total. The molecule has 114 valence electrons. The molecule has 0 spiro atoms. The topological polar surface area (TPSA) is 47.9 Å². The number of methoxy groups -OCH3 is 1. The zero-order valence-corrected chi connectivity index (χ0v) is 12.4. The summed E-state index contributed by atoms with van der Waals surface area (Å²) >= 11 is 0. The Bertz CT molecular complexity index is 691. The molecule has 1 N–H and O–H groups in total. The number of hydrogen-bond acceptors (Lipinski definition) is 4. The van der Waals surface area contributed by atoms with E-state index in [4.69, 9.17) is 14.2 Å². The van der Waals surface area contributed by atoms with Crippen LogP contribution >= 0.6 is 0 Å². The summed E-state index contributed by atoms with van der Waals surface area (Å²) in [4.78, 5) is 0. The fourth-order valence-electron chi connectivity index (χ4n) is 2.43. The Labute approximate surface area is 129 Å². The van der Waals surface area contributed by atoms with Crippen LogP contribution in [0.5, 0.6) is 23.0 Å². The molecule has 0 unspecified atom stereocenters. The second kappa shape index (κ2) is 6.43. The Morgan fingerprint density at radius 2 is 1.95 bits per heavy atom. The molecule has 1 aliphatic heterocycles. The average Bonchev–Trinajstić information content (AvgIpc) is 2.56. The lowest BCUT2D eigenvalue weighted by Gasteiger charge is -2.18. The van der Waals surface area contributed by atoms with Gasteiger partial charge in [0, 0.05) is 5.56 Å². The Morgan fingerprint density at radius 3 is 2.77 bits per heavy atom. The molecule has 2 aromatic rings. The van der Waals surface area contributed by atoms with Crippen molar-refractivity contribution in [2.75, 3.05) is 20.3 Å². The van der Waals surface area contributed by atoms with Gasteiger partial charge in [0.05, 0.1) is 7.11 Å². The summed E-state index contributed by atoms with van der Waals surface area (Å²) in [5.41, 5.74) is 1.80. The molecule has 2 aromatic carbocycles. The molecule has 0 aromatic heterocycles. The first-order valence-electron chi connectivity index (χ1n) is 7.19. The number of hydrogen-bond donors (Lipinski definition) is 1. The summed E-state index contributed by atoms with van der Waals surface area (Å²) in [6.07, 6.45) is 4.57. The zero-order valence-electron chi connectivity index (χ0n) is 12.4. The summed E-state index contributed by atoms with van der Waals surface area (Å²) < 4.78 is 16.3. The van der Waals surface area contributed by atoms with Crippen LogP contribution in [0.4, 0.5) is 0 Å². The Balaban J connectivity index is 1.75. The third-order valence-corrected chi connectivity index (χ3v) is 3.53. The molecular weight excluding hydrogens is 280 g/mol. The molecular formula is C18H18O4. The van der Waals surface area contributed by atoms with Crippen LogP contribution in [-0.4, -0.2) is 25.4 Å². The van der Waals surface area contributed by atoms with Crippen LogP contribution in [-0.2, 0) is 6.42 Å². The van der Waals surface area contributed by atoms with Gasteiger partial charge in [0.15, 0.2) is 11.5 Å². The van der Waals surface area contributed by atoms with Crippen LogP contribution in [0.1, 0.15) is 11.1 Å². The van der Waals surface area contributed by atoms with Crippen molar-refractivity contribution in [3.8, 4) is 23.0 Å².